The fourth-order valence-corrected chi connectivity index (χ4v) is 3.32. The number of carboxylic acid groups (broad SMARTS) is 1. The summed E-state index contributed by atoms with van der Waals surface area (Å²) in [5.74, 6) is -1.33. The van der Waals surface area contributed by atoms with E-state index in [1.807, 2.05) is 0 Å². The Labute approximate surface area is 184 Å². The summed E-state index contributed by atoms with van der Waals surface area (Å²) in [7, 11) is 1.76. The van der Waals surface area contributed by atoms with E-state index in [4.69, 9.17) is 16.7 Å². The molecule has 2 N–H and O–H groups in total. The van der Waals surface area contributed by atoms with Crippen LogP contribution in [0.3, 0.4) is 0 Å². The molecule has 0 aliphatic rings. The number of amides is 1. The third-order valence-electron chi connectivity index (χ3n) is 4.75. The summed E-state index contributed by atoms with van der Waals surface area (Å²) >= 11 is 6.08. The van der Waals surface area contributed by atoms with Crippen molar-refractivity contribution >= 4 is 29.3 Å². The largest absolute Gasteiger partial charge is 0.478 e. The monoisotopic (exact) mass is 441 g/mol. The molecule has 3 rings (SSSR count). The second-order valence-corrected chi connectivity index (χ2v) is 7.57. The van der Waals surface area contributed by atoms with Gasteiger partial charge >= 0.3 is 5.97 Å². The highest BCUT2D eigenvalue weighted by atomic mass is 35.5. The number of aromatic carboxylic acids is 1. The lowest BCUT2D eigenvalue weighted by atomic mass is 10.1. The minimum atomic E-state index is -1.01. The van der Waals surface area contributed by atoms with Gasteiger partial charge in [0.05, 0.1) is 22.2 Å². The molecule has 1 atom stereocenters. The van der Waals surface area contributed by atoms with Gasteiger partial charge in [-0.2, -0.15) is 0 Å². The fraction of sp³-hybridized carbons (Fsp3) is 0.174. The highest BCUT2D eigenvalue weighted by Crippen LogP contribution is 2.23. The number of nitrogens with zero attached hydrogens (tertiary/aromatic N) is 2. The Kier molecular flexibility index (Phi) is 6.87. The molecule has 160 valence electrons. The molecule has 1 heterocycles. The Morgan fingerprint density at radius 2 is 1.90 bits per heavy atom. The number of hydrogen-bond donors (Lipinski definition) is 2. The normalized spacial score (nSPS) is 11.6. The minimum Gasteiger partial charge on any atom is -0.478 e. The van der Waals surface area contributed by atoms with E-state index in [2.05, 4.69) is 10.3 Å². The summed E-state index contributed by atoms with van der Waals surface area (Å²) in [6.45, 7) is 2.14. The van der Waals surface area contributed by atoms with Crippen LogP contribution in [0.4, 0.5) is 10.2 Å². The number of nitrogens with one attached hydrogen (secondary N) is 1. The fourth-order valence-electron chi connectivity index (χ4n) is 3.16. The van der Waals surface area contributed by atoms with Crippen LogP contribution in [0.25, 0.3) is 0 Å². The van der Waals surface area contributed by atoms with E-state index >= 15 is 0 Å². The first-order chi connectivity index (χ1) is 14.7. The number of pyridine rings is 1. The van der Waals surface area contributed by atoms with Crippen molar-refractivity contribution in [3.8, 4) is 0 Å². The third kappa shape index (κ3) is 5.58. The van der Waals surface area contributed by atoms with Crippen LogP contribution >= 0.6 is 11.6 Å². The molecule has 1 unspecified atom stereocenters. The molecule has 0 bridgehead atoms. The Bertz CT molecular complexity index is 1110. The lowest BCUT2D eigenvalue weighted by molar-refractivity contribution is 0.0696. The summed E-state index contributed by atoms with van der Waals surface area (Å²) in [5, 5.41) is 12.2. The number of hydrogen-bond acceptors (Lipinski definition) is 4. The van der Waals surface area contributed by atoms with E-state index < -0.39 is 5.97 Å². The zero-order chi connectivity index (χ0) is 22.5. The van der Waals surface area contributed by atoms with Crippen LogP contribution in [0, 0.1) is 5.82 Å². The predicted octanol–water partition coefficient (Wildman–Crippen LogP) is 4.70. The lowest BCUT2D eigenvalue weighted by Crippen LogP contribution is -2.29. The Morgan fingerprint density at radius 1 is 1.19 bits per heavy atom. The first-order valence-electron chi connectivity index (χ1n) is 9.50. The average Bonchev–Trinajstić information content (AvgIpc) is 2.73. The van der Waals surface area contributed by atoms with Gasteiger partial charge in [0.2, 0.25) is 0 Å². The van der Waals surface area contributed by atoms with E-state index in [1.165, 1.54) is 36.5 Å². The number of carbonyl (C=O) groups excluding carboxylic acids is 1. The van der Waals surface area contributed by atoms with Crippen molar-refractivity contribution in [2.24, 2.45) is 0 Å². The summed E-state index contributed by atoms with van der Waals surface area (Å²) in [6.07, 6.45) is 1.45. The molecule has 8 heteroatoms. The second kappa shape index (κ2) is 9.57. The second-order valence-electron chi connectivity index (χ2n) is 7.13. The molecule has 0 saturated carbocycles. The Balaban J connectivity index is 1.80. The Hall–Kier alpha value is -3.45. The van der Waals surface area contributed by atoms with Gasteiger partial charge in [0.1, 0.15) is 11.6 Å². The van der Waals surface area contributed by atoms with Crippen molar-refractivity contribution in [1.29, 1.82) is 0 Å². The number of halogens is 2. The van der Waals surface area contributed by atoms with Crippen LogP contribution in [-0.2, 0) is 6.54 Å². The molecule has 0 saturated heterocycles. The number of carbonyl (C=O) groups is 2. The average molecular weight is 442 g/mol. The summed E-state index contributed by atoms with van der Waals surface area (Å²) in [5.41, 5.74) is 1.93. The summed E-state index contributed by atoms with van der Waals surface area (Å²) in [6, 6.07) is 13.6. The van der Waals surface area contributed by atoms with Gasteiger partial charge in [0, 0.05) is 19.8 Å². The predicted molar refractivity (Wildman–Crippen MR) is 117 cm³/mol. The highest BCUT2D eigenvalue weighted by Gasteiger charge is 2.19. The van der Waals surface area contributed by atoms with E-state index in [1.54, 1.807) is 43.1 Å². The van der Waals surface area contributed by atoms with Gasteiger partial charge in [-0.1, -0.05) is 35.9 Å². The first kappa shape index (κ1) is 22.2. The SMILES string of the molecule is CC(NC(=O)c1cc(Cl)cnc1N(C)Cc1cccc(F)c1)c1ccc(C(=O)O)cc1. The number of rotatable bonds is 7. The molecule has 3 aromatic rings. The molecule has 0 radical (unpaired) electrons. The summed E-state index contributed by atoms with van der Waals surface area (Å²) < 4.78 is 13.5. The van der Waals surface area contributed by atoms with Gasteiger partial charge in [0.25, 0.3) is 5.91 Å². The summed E-state index contributed by atoms with van der Waals surface area (Å²) in [4.78, 5) is 30.1. The maximum absolute atomic E-state index is 13.5. The van der Waals surface area contributed by atoms with Gasteiger partial charge < -0.3 is 15.3 Å². The number of aromatic nitrogens is 1. The third-order valence-corrected chi connectivity index (χ3v) is 4.96. The molecule has 1 amide bonds. The van der Waals surface area contributed by atoms with Crippen LogP contribution < -0.4 is 10.2 Å². The van der Waals surface area contributed by atoms with Crippen molar-refractivity contribution in [3.63, 3.8) is 0 Å². The standard InChI is InChI=1S/C23H21ClFN3O3/c1-14(16-6-8-17(9-7-16)23(30)31)27-22(29)20-11-18(24)12-26-21(20)28(2)13-15-4-3-5-19(25)10-15/h3-12,14H,13H2,1-2H3,(H,27,29)(H,30,31). The topological polar surface area (TPSA) is 82.5 Å². The molecule has 0 aliphatic heterocycles. The van der Waals surface area contributed by atoms with Gasteiger partial charge in [-0.15, -0.1) is 0 Å². The molecular weight excluding hydrogens is 421 g/mol. The van der Waals surface area contributed by atoms with Crippen molar-refractivity contribution < 1.29 is 19.1 Å². The maximum atomic E-state index is 13.5. The van der Waals surface area contributed by atoms with E-state index in [9.17, 15) is 14.0 Å². The number of anilines is 1. The molecule has 2 aromatic carbocycles. The number of carboxylic acids is 1. The van der Waals surface area contributed by atoms with Gasteiger partial charge in [0.15, 0.2) is 0 Å². The first-order valence-corrected chi connectivity index (χ1v) is 9.87. The minimum absolute atomic E-state index is 0.169. The van der Waals surface area contributed by atoms with E-state index in [0.717, 1.165) is 11.1 Å². The van der Waals surface area contributed by atoms with Crippen molar-refractivity contribution in [2.75, 3.05) is 11.9 Å². The zero-order valence-corrected chi connectivity index (χ0v) is 17.7. The molecule has 0 fully saturated rings. The smallest absolute Gasteiger partial charge is 0.335 e. The molecule has 0 spiro atoms. The van der Waals surface area contributed by atoms with Crippen LogP contribution in [-0.4, -0.2) is 29.0 Å². The molecule has 31 heavy (non-hydrogen) atoms. The number of benzene rings is 2. The van der Waals surface area contributed by atoms with E-state index in [0.29, 0.717) is 17.4 Å². The van der Waals surface area contributed by atoms with Gasteiger partial charge in [-0.05, 0) is 48.4 Å². The molecule has 6 nitrogen and oxygen atoms in total. The van der Waals surface area contributed by atoms with E-state index in [-0.39, 0.29) is 28.9 Å². The zero-order valence-electron chi connectivity index (χ0n) is 17.0. The Morgan fingerprint density at radius 3 is 2.55 bits per heavy atom. The van der Waals surface area contributed by atoms with Gasteiger partial charge in [-0.3, -0.25) is 4.79 Å². The maximum Gasteiger partial charge on any atom is 0.335 e. The van der Waals surface area contributed by atoms with Crippen LogP contribution in [0.1, 0.15) is 44.8 Å². The quantitative estimate of drug-likeness (QED) is 0.555. The highest BCUT2D eigenvalue weighted by molar-refractivity contribution is 6.31. The molecule has 1 aromatic heterocycles. The van der Waals surface area contributed by atoms with Gasteiger partial charge in [-0.25, -0.2) is 14.2 Å². The van der Waals surface area contributed by atoms with Crippen molar-refractivity contribution in [1.82, 2.24) is 10.3 Å². The van der Waals surface area contributed by atoms with Crippen molar-refractivity contribution in [2.45, 2.75) is 19.5 Å². The lowest BCUT2D eigenvalue weighted by Gasteiger charge is -2.22. The van der Waals surface area contributed by atoms with Crippen LogP contribution in [0.2, 0.25) is 5.02 Å². The van der Waals surface area contributed by atoms with Crippen LogP contribution in [0.15, 0.2) is 60.8 Å². The molecular formula is C23H21ClFN3O3. The van der Waals surface area contributed by atoms with Crippen LogP contribution in [0.5, 0.6) is 0 Å². The molecule has 0 aliphatic carbocycles. The van der Waals surface area contributed by atoms with Crippen molar-refractivity contribution in [3.05, 3.63) is 93.9 Å².